The molecule has 1 heterocycles. The van der Waals surface area contributed by atoms with Crippen molar-refractivity contribution in [2.75, 3.05) is 0 Å². The number of hydrogen-bond donors (Lipinski definition) is 2. The molecule has 4 nitrogen and oxygen atoms in total. The van der Waals surface area contributed by atoms with Crippen molar-refractivity contribution in [2.45, 2.75) is 19.8 Å². The second-order valence-electron chi connectivity index (χ2n) is 3.60. The van der Waals surface area contributed by atoms with E-state index in [2.05, 4.69) is 0 Å². The molecule has 16 heavy (non-hydrogen) atoms. The normalized spacial score (nSPS) is 16.3. The number of unbranched alkanes of at least 4 members (excludes halogenated alkanes) is 1. The van der Waals surface area contributed by atoms with Crippen molar-refractivity contribution in [1.29, 1.82) is 0 Å². The van der Waals surface area contributed by atoms with Gasteiger partial charge < -0.3 is 14.9 Å². The summed E-state index contributed by atoms with van der Waals surface area (Å²) < 4.78 is 5.02. The highest BCUT2D eigenvalue weighted by atomic mass is 16.5. The number of aromatic hydroxyl groups is 2. The lowest BCUT2D eigenvalue weighted by molar-refractivity contribution is 0.0715. The minimum atomic E-state index is -0.493. The number of cyclic esters (lactones) is 1. The van der Waals surface area contributed by atoms with Crippen LogP contribution in [0.4, 0.5) is 0 Å². The number of phenols is 2. The Labute approximate surface area is 92.8 Å². The number of hydrogen-bond acceptors (Lipinski definition) is 4. The summed E-state index contributed by atoms with van der Waals surface area (Å²) in [6, 6.07) is 2.72. The molecule has 0 saturated heterocycles. The summed E-state index contributed by atoms with van der Waals surface area (Å²) in [5.74, 6) is -0.715. The number of carbonyl (C=O) groups is 1. The van der Waals surface area contributed by atoms with E-state index < -0.39 is 5.97 Å². The summed E-state index contributed by atoms with van der Waals surface area (Å²) in [5, 5.41) is 19.1. The zero-order valence-electron chi connectivity index (χ0n) is 8.86. The molecule has 0 radical (unpaired) electrons. The van der Waals surface area contributed by atoms with E-state index in [9.17, 15) is 15.0 Å². The molecule has 0 bridgehead atoms. The lowest BCUT2D eigenvalue weighted by Gasteiger charge is -2.02. The summed E-state index contributed by atoms with van der Waals surface area (Å²) in [6.45, 7) is 2.00. The summed E-state index contributed by atoms with van der Waals surface area (Å²) in [4.78, 5) is 11.4. The van der Waals surface area contributed by atoms with Gasteiger partial charge in [0.1, 0.15) is 5.76 Å². The Morgan fingerprint density at radius 2 is 2.12 bits per heavy atom. The summed E-state index contributed by atoms with van der Waals surface area (Å²) >= 11 is 0. The molecule has 84 valence electrons. The minimum Gasteiger partial charge on any atom is -0.504 e. The average Bonchev–Trinajstić information content (AvgIpc) is 2.58. The van der Waals surface area contributed by atoms with E-state index in [4.69, 9.17) is 4.74 Å². The van der Waals surface area contributed by atoms with Gasteiger partial charge in [0, 0.05) is 0 Å². The van der Waals surface area contributed by atoms with Crippen LogP contribution >= 0.6 is 0 Å². The van der Waals surface area contributed by atoms with Gasteiger partial charge in [-0.25, -0.2) is 4.79 Å². The van der Waals surface area contributed by atoms with Gasteiger partial charge in [-0.3, -0.25) is 0 Å². The van der Waals surface area contributed by atoms with Crippen molar-refractivity contribution in [3.05, 3.63) is 29.3 Å². The Balaban J connectivity index is 2.55. The summed E-state index contributed by atoms with van der Waals surface area (Å²) in [6.07, 6.45) is 3.40. The third kappa shape index (κ3) is 1.52. The van der Waals surface area contributed by atoms with Crippen LogP contribution in [0, 0.1) is 0 Å². The lowest BCUT2D eigenvalue weighted by atomic mass is 10.1. The first-order valence-corrected chi connectivity index (χ1v) is 5.12. The standard InChI is InChI=1S/C12H12O4/c1-2-3-4-9-10-7(12(15)16-9)5-6-8(13)11(10)14/h4-6,13-14H,2-3H2,1H3/b9-4-. The Bertz CT molecular complexity index is 474. The Morgan fingerprint density at radius 1 is 1.38 bits per heavy atom. The first kappa shape index (κ1) is 10.5. The van der Waals surface area contributed by atoms with Crippen molar-refractivity contribution in [3.8, 4) is 11.5 Å². The predicted octanol–water partition coefficient (Wildman–Crippen LogP) is 2.41. The zero-order chi connectivity index (χ0) is 11.7. The maximum Gasteiger partial charge on any atom is 0.344 e. The van der Waals surface area contributed by atoms with Crippen LogP contribution in [0.1, 0.15) is 35.7 Å². The second kappa shape index (κ2) is 3.89. The van der Waals surface area contributed by atoms with Gasteiger partial charge >= 0.3 is 5.97 Å². The van der Waals surface area contributed by atoms with Crippen LogP contribution in [0.25, 0.3) is 5.76 Å². The van der Waals surface area contributed by atoms with E-state index in [-0.39, 0.29) is 17.1 Å². The third-order valence-corrected chi connectivity index (χ3v) is 2.44. The molecule has 0 aliphatic carbocycles. The Morgan fingerprint density at radius 3 is 2.81 bits per heavy atom. The van der Waals surface area contributed by atoms with Crippen molar-refractivity contribution in [2.24, 2.45) is 0 Å². The molecular formula is C12H12O4. The fourth-order valence-corrected chi connectivity index (χ4v) is 1.62. The molecule has 0 aromatic heterocycles. The molecule has 1 aromatic carbocycles. The molecule has 4 heteroatoms. The molecule has 2 N–H and O–H groups in total. The van der Waals surface area contributed by atoms with Crippen LogP contribution in [-0.4, -0.2) is 16.2 Å². The lowest BCUT2D eigenvalue weighted by Crippen LogP contribution is -1.92. The molecule has 0 atom stereocenters. The number of phenolic OH excluding ortho intramolecular Hbond substituents is 2. The predicted molar refractivity (Wildman–Crippen MR) is 58.1 cm³/mol. The quantitative estimate of drug-likeness (QED) is 0.593. The molecule has 0 amide bonds. The number of allylic oxidation sites excluding steroid dienone is 1. The topological polar surface area (TPSA) is 66.8 Å². The number of rotatable bonds is 2. The molecule has 2 rings (SSSR count). The monoisotopic (exact) mass is 220 g/mol. The zero-order valence-corrected chi connectivity index (χ0v) is 8.86. The molecule has 0 fully saturated rings. The van der Waals surface area contributed by atoms with Crippen LogP contribution in [0.2, 0.25) is 0 Å². The van der Waals surface area contributed by atoms with E-state index >= 15 is 0 Å². The summed E-state index contributed by atoms with van der Waals surface area (Å²) in [7, 11) is 0. The number of ether oxygens (including phenoxy) is 1. The van der Waals surface area contributed by atoms with E-state index in [1.54, 1.807) is 6.08 Å². The van der Waals surface area contributed by atoms with Gasteiger partial charge in [-0.1, -0.05) is 13.3 Å². The first-order chi connectivity index (χ1) is 7.65. The molecule has 1 aromatic rings. The highest BCUT2D eigenvalue weighted by molar-refractivity contribution is 6.04. The maximum absolute atomic E-state index is 11.4. The number of benzene rings is 1. The van der Waals surface area contributed by atoms with Crippen molar-refractivity contribution in [3.63, 3.8) is 0 Å². The van der Waals surface area contributed by atoms with E-state index in [0.717, 1.165) is 12.8 Å². The van der Waals surface area contributed by atoms with Gasteiger partial charge in [-0.2, -0.15) is 0 Å². The minimum absolute atomic E-state index is 0.251. The molecule has 1 aliphatic heterocycles. The van der Waals surface area contributed by atoms with E-state index in [1.165, 1.54) is 12.1 Å². The molecule has 0 unspecified atom stereocenters. The largest absolute Gasteiger partial charge is 0.504 e. The molecular weight excluding hydrogens is 208 g/mol. The fraction of sp³-hybridized carbons (Fsp3) is 0.250. The van der Waals surface area contributed by atoms with Gasteiger partial charge in [-0.15, -0.1) is 0 Å². The first-order valence-electron chi connectivity index (χ1n) is 5.12. The van der Waals surface area contributed by atoms with Crippen molar-refractivity contribution < 1.29 is 19.7 Å². The van der Waals surface area contributed by atoms with E-state index in [1.807, 2.05) is 6.92 Å². The van der Waals surface area contributed by atoms with Gasteiger partial charge in [0.05, 0.1) is 11.1 Å². The van der Waals surface area contributed by atoms with Crippen molar-refractivity contribution >= 4 is 11.7 Å². The van der Waals surface area contributed by atoms with Crippen LogP contribution < -0.4 is 0 Å². The van der Waals surface area contributed by atoms with Crippen LogP contribution in [-0.2, 0) is 4.74 Å². The van der Waals surface area contributed by atoms with Gasteiger partial charge in [0.25, 0.3) is 0 Å². The SMILES string of the molecule is CCC/C=C1\OC(=O)c2ccc(O)c(O)c21. The number of carbonyl (C=O) groups excluding carboxylic acids is 1. The average molecular weight is 220 g/mol. The van der Waals surface area contributed by atoms with Crippen molar-refractivity contribution in [1.82, 2.24) is 0 Å². The molecule has 1 aliphatic rings. The van der Waals surface area contributed by atoms with Gasteiger partial charge in [-0.05, 0) is 24.6 Å². The Kier molecular flexibility index (Phi) is 2.56. The third-order valence-electron chi connectivity index (χ3n) is 2.44. The maximum atomic E-state index is 11.4. The smallest absolute Gasteiger partial charge is 0.344 e. The van der Waals surface area contributed by atoms with Crippen LogP contribution in [0.3, 0.4) is 0 Å². The fourth-order valence-electron chi connectivity index (χ4n) is 1.62. The highest BCUT2D eigenvalue weighted by Crippen LogP contribution is 2.41. The molecule has 0 saturated carbocycles. The van der Waals surface area contributed by atoms with Gasteiger partial charge in [0.2, 0.25) is 0 Å². The molecule has 0 spiro atoms. The second-order valence-corrected chi connectivity index (χ2v) is 3.60. The Hall–Kier alpha value is -1.97. The van der Waals surface area contributed by atoms with E-state index in [0.29, 0.717) is 11.3 Å². The summed E-state index contributed by atoms with van der Waals surface area (Å²) in [5.41, 5.74) is 0.580. The van der Waals surface area contributed by atoms with Gasteiger partial charge in [0.15, 0.2) is 11.5 Å². The van der Waals surface area contributed by atoms with Crippen LogP contribution in [0.15, 0.2) is 18.2 Å². The number of fused-ring (bicyclic) bond motifs is 1. The number of esters is 1. The van der Waals surface area contributed by atoms with Crippen LogP contribution in [0.5, 0.6) is 11.5 Å². The highest BCUT2D eigenvalue weighted by Gasteiger charge is 2.30.